The molecule has 0 saturated heterocycles. The van der Waals surface area contributed by atoms with Crippen LogP contribution in [0.2, 0.25) is 5.02 Å². The summed E-state index contributed by atoms with van der Waals surface area (Å²) in [6, 6.07) is 5.39. The Bertz CT molecular complexity index is 519. The number of aryl methyl sites for hydroxylation is 1. The summed E-state index contributed by atoms with van der Waals surface area (Å²) in [5.41, 5.74) is 1.27. The average molecular weight is 235 g/mol. The second-order valence-electron chi connectivity index (χ2n) is 3.36. The molecule has 0 radical (unpaired) electrons. The van der Waals surface area contributed by atoms with Gasteiger partial charge in [0.1, 0.15) is 5.82 Å². The highest BCUT2D eigenvalue weighted by Crippen LogP contribution is 2.22. The third kappa shape index (κ3) is 1.74. The SMILES string of the molecule is CCc1nccn1-c1cccc(Cl)c1C=O. The average Bonchev–Trinajstić information content (AvgIpc) is 2.76. The highest BCUT2D eigenvalue weighted by atomic mass is 35.5. The summed E-state index contributed by atoms with van der Waals surface area (Å²) >= 11 is 5.98. The fraction of sp³-hybridized carbons (Fsp3) is 0.167. The molecule has 1 aromatic heterocycles. The first-order valence-electron chi connectivity index (χ1n) is 5.04. The van der Waals surface area contributed by atoms with Crippen molar-refractivity contribution >= 4 is 17.9 Å². The van der Waals surface area contributed by atoms with Gasteiger partial charge in [-0.1, -0.05) is 24.6 Å². The molecule has 3 nitrogen and oxygen atoms in total. The molecule has 2 rings (SSSR count). The first-order valence-corrected chi connectivity index (χ1v) is 5.42. The predicted octanol–water partition coefficient (Wildman–Crippen LogP) is 2.90. The highest BCUT2D eigenvalue weighted by Gasteiger charge is 2.10. The van der Waals surface area contributed by atoms with Crippen molar-refractivity contribution in [2.24, 2.45) is 0 Å². The predicted molar refractivity (Wildman–Crippen MR) is 63.3 cm³/mol. The van der Waals surface area contributed by atoms with Gasteiger partial charge in [-0.2, -0.15) is 0 Å². The van der Waals surface area contributed by atoms with Gasteiger partial charge in [0.15, 0.2) is 6.29 Å². The van der Waals surface area contributed by atoms with E-state index in [1.54, 1.807) is 12.3 Å². The molecule has 0 N–H and O–H groups in total. The molecule has 16 heavy (non-hydrogen) atoms. The zero-order valence-corrected chi connectivity index (χ0v) is 9.61. The van der Waals surface area contributed by atoms with Crippen LogP contribution < -0.4 is 0 Å². The quantitative estimate of drug-likeness (QED) is 0.766. The molecule has 0 saturated carbocycles. The van der Waals surface area contributed by atoms with Crippen molar-refractivity contribution in [3.63, 3.8) is 0 Å². The van der Waals surface area contributed by atoms with E-state index in [0.717, 1.165) is 24.2 Å². The minimum absolute atomic E-state index is 0.461. The zero-order chi connectivity index (χ0) is 11.5. The maximum absolute atomic E-state index is 11.0. The highest BCUT2D eigenvalue weighted by molar-refractivity contribution is 6.33. The van der Waals surface area contributed by atoms with E-state index in [4.69, 9.17) is 11.6 Å². The van der Waals surface area contributed by atoms with Crippen LogP contribution in [0.25, 0.3) is 5.69 Å². The van der Waals surface area contributed by atoms with Crippen LogP contribution in [-0.4, -0.2) is 15.8 Å². The van der Waals surface area contributed by atoms with Gasteiger partial charge < -0.3 is 4.57 Å². The van der Waals surface area contributed by atoms with E-state index < -0.39 is 0 Å². The topological polar surface area (TPSA) is 34.9 Å². The second kappa shape index (κ2) is 4.49. The van der Waals surface area contributed by atoms with Gasteiger partial charge in [0.05, 0.1) is 16.3 Å². The van der Waals surface area contributed by atoms with Gasteiger partial charge in [0, 0.05) is 18.8 Å². The molecule has 1 heterocycles. The van der Waals surface area contributed by atoms with Crippen LogP contribution >= 0.6 is 11.6 Å². The summed E-state index contributed by atoms with van der Waals surface area (Å²) in [5, 5.41) is 0.461. The Morgan fingerprint density at radius 1 is 1.50 bits per heavy atom. The fourth-order valence-corrected chi connectivity index (χ4v) is 1.88. The van der Waals surface area contributed by atoms with Crippen molar-refractivity contribution in [2.45, 2.75) is 13.3 Å². The van der Waals surface area contributed by atoms with Crippen molar-refractivity contribution in [3.8, 4) is 5.69 Å². The first-order chi connectivity index (χ1) is 7.77. The summed E-state index contributed by atoms with van der Waals surface area (Å²) in [4.78, 5) is 15.2. The van der Waals surface area contributed by atoms with Crippen LogP contribution in [0.15, 0.2) is 30.6 Å². The monoisotopic (exact) mass is 234 g/mol. The number of hydrogen-bond acceptors (Lipinski definition) is 2. The van der Waals surface area contributed by atoms with E-state index >= 15 is 0 Å². The first kappa shape index (κ1) is 10.9. The molecule has 1 aromatic carbocycles. The zero-order valence-electron chi connectivity index (χ0n) is 8.85. The van der Waals surface area contributed by atoms with Gasteiger partial charge >= 0.3 is 0 Å². The van der Waals surface area contributed by atoms with Crippen molar-refractivity contribution in [1.82, 2.24) is 9.55 Å². The standard InChI is InChI=1S/C12H11ClN2O/c1-2-12-14-6-7-15(12)11-5-3-4-10(13)9(11)8-16/h3-8H,2H2,1H3. The molecule has 0 aliphatic rings. The molecule has 0 amide bonds. The number of benzene rings is 1. The molecule has 0 spiro atoms. The van der Waals surface area contributed by atoms with E-state index in [1.807, 2.05) is 29.8 Å². The molecule has 0 fully saturated rings. The Kier molecular flexibility index (Phi) is 3.06. The number of carbonyl (C=O) groups excluding carboxylic acids is 1. The maximum atomic E-state index is 11.0. The molecule has 2 aromatic rings. The second-order valence-corrected chi connectivity index (χ2v) is 3.76. The number of carbonyl (C=O) groups is 1. The minimum Gasteiger partial charge on any atom is -0.303 e. The summed E-state index contributed by atoms with van der Waals surface area (Å²) in [6.45, 7) is 2.02. The number of aldehydes is 1. The minimum atomic E-state index is 0.461. The van der Waals surface area contributed by atoms with Gasteiger partial charge in [-0.15, -0.1) is 0 Å². The molecule has 0 bridgehead atoms. The summed E-state index contributed by atoms with van der Waals surface area (Å²) in [7, 11) is 0. The normalized spacial score (nSPS) is 10.4. The van der Waals surface area contributed by atoms with E-state index in [2.05, 4.69) is 4.98 Å². The molecule has 0 aliphatic heterocycles. The van der Waals surface area contributed by atoms with Crippen LogP contribution in [0.1, 0.15) is 23.1 Å². The lowest BCUT2D eigenvalue weighted by Crippen LogP contribution is -2.02. The van der Waals surface area contributed by atoms with E-state index in [-0.39, 0.29) is 0 Å². The number of hydrogen-bond donors (Lipinski definition) is 0. The molecule has 0 atom stereocenters. The van der Waals surface area contributed by atoms with Crippen molar-refractivity contribution in [1.29, 1.82) is 0 Å². The third-order valence-corrected chi connectivity index (χ3v) is 2.77. The third-order valence-electron chi connectivity index (χ3n) is 2.44. The summed E-state index contributed by atoms with van der Waals surface area (Å²) in [6.07, 6.45) is 5.13. The Morgan fingerprint density at radius 2 is 2.31 bits per heavy atom. The van der Waals surface area contributed by atoms with E-state index in [9.17, 15) is 4.79 Å². The maximum Gasteiger partial charge on any atom is 0.153 e. The van der Waals surface area contributed by atoms with Crippen LogP contribution in [-0.2, 0) is 6.42 Å². The van der Waals surface area contributed by atoms with Gasteiger partial charge in [-0.3, -0.25) is 4.79 Å². The Labute approximate surface area is 98.7 Å². The van der Waals surface area contributed by atoms with Crippen molar-refractivity contribution in [2.75, 3.05) is 0 Å². The lowest BCUT2D eigenvalue weighted by molar-refractivity contribution is 0.112. The molecule has 82 valence electrons. The van der Waals surface area contributed by atoms with E-state index in [0.29, 0.717) is 10.6 Å². The Balaban J connectivity index is 2.64. The lowest BCUT2D eigenvalue weighted by atomic mass is 10.2. The number of rotatable bonds is 3. The number of aromatic nitrogens is 2. The molecular formula is C12H11ClN2O. The van der Waals surface area contributed by atoms with Gasteiger partial charge in [-0.05, 0) is 12.1 Å². The smallest absolute Gasteiger partial charge is 0.153 e. The summed E-state index contributed by atoms with van der Waals surface area (Å²) < 4.78 is 1.88. The van der Waals surface area contributed by atoms with Crippen LogP contribution in [0.4, 0.5) is 0 Å². The van der Waals surface area contributed by atoms with Crippen molar-refractivity contribution < 1.29 is 4.79 Å². The number of imidazole rings is 1. The van der Waals surface area contributed by atoms with Crippen LogP contribution in [0, 0.1) is 0 Å². The number of halogens is 1. The fourth-order valence-electron chi connectivity index (χ4n) is 1.67. The largest absolute Gasteiger partial charge is 0.303 e. The lowest BCUT2D eigenvalue weighted by Gasteiger charge is -2.09. The van der Waals surface area contributed by atoms with Crippen LogP contribution in [0.3, 0.4) is 0 Å². The van der Waals surface area contributed by atoms with Gasteiger partial charge in [0.25, 0.3) is 0 Å². The van der Waals surface area contributed by atoms with Gasteiger partial charge in [0.2, 0.25) is 0 Å². The summed E-state index contributed by atoms with van der Waals surface area (Å²) in [5.74, 6) is 0.908. The molecular weight excluding hydrogens is 224 g/mol. The Hall–Kier alpha value is -1.61. The van der Waals surface area contributed by atoms with E-state index in [1.165, 1.54) is 0 Å². The van der Waals surface area contributed by atoms with Crippen molar-refractivity contribution in [3.05, 3.63) is 47.0 Å². The Morgan fingerprint density at radius 3 is 3.00 bits per heavy atom. The molecule has 4 heteroatoms. The molecule has 0 unspecified atom stereocenters. The molecule has 0 aliphatic carbocycles. The van der Waals surface area contributed by atoms with Gasteiger partial charge in [-0.25, -0.2) is 4.98 Å². The number of nitrogens with zero attached hydrogens (tertiary/aromatic N) is 2. The van der Waals surface area contributed by atoms with Crippen LogP contribution in [0.5, 0.6) is 0 Å².